The van der Waals surface area contributed by atoms with Crippen LogP contribution < -0.4 is 0 Å². The fourth-order valence-corrected chi connectivity index (χ4v) is 1.24. The molecule has 0 aromatic heterocycles. The van der Waals surface area contributed by atoms with Gasteiger partial charge in [-0.2, -0.15) is 0 Å². The van der Waals surface area contributed by atoms with Crippen molar-refractivity contribution in [3.63, 3.8) is 0 Å². The zero-order chi connectivity index (χ0) is 10.5. The van der Waals surface area contributed by atoms with Gasteiger partial charge in [0.25, 0.3) is 0 Å². The minimum Gasteiger partial charge on any atom is -0.314 e. The highest BCUT2D eigenvalue weighted by Crippen LogP contribution is 2.43. The summed E-state index contributed by atoms with van der Waals surface area (Å²) in [4.78, 5) is 10.7. The molecule has 5 nitrogen and oxygen atoms in total. The second-order valence-electron chi connectivity index (χ2n) is 2.50. The quantitative estimate of drug-likeness (QED) is 0.392. The fraction of sp³-hybridized carbons (Fsp3) is 0.714. The highest BCUT2D eigenvalue weighted by molar-refractivity contribution is 7.52. The van der Waals surface area contributed by atoms with Crippen molar-refractivity contribution >= 4 is 19.1 Å². The van der Waals surface area contributed by atoms with Gasteiger partial charge in [-0.15, -0.1) is 0 Å². The Morgan fingerprint density at radius 3 is 2.38 bits per heavy atom. The van der Waals surface area contributed by atoms with Crippen LogP contribution in [-0.2, 0) is 18.5 Å². The van der Waals surface area contributed by atoms with Crippen LogP contribution in [0.15, 0.2) is 5.16 Å². The number of rotatable bonds is 5. The van der Waals surface area contributed by atoms with Crippen molar-refractivity contribution in [3.05, 3.63) is 0 Å². The molecule has 1 atom stereocenters. The smallest absolute Gasteiger partial charge is 0.314 e. The zero-order valence-corrected chi connectivity index (χ0v) is 9.13. The summed E-state index contributed by atoms with van der Waals surface area (Å²) >= 11 is 0. The Morgan fingerprint density at radius 1 is 1.46 bits per heavy atom. The molecule has 0 aliphatic carbocycles. The lowest BCUT2D eigenvalue weighted by Crippen LogP contribution is -2.04. The highest BCUT2D eigenvalue weighted by Gasteiger charge is 2.16. The third-order valence-corrected chi connectivity index (χ3v) is 2.30. The number of nitrogens with zero attached hydrogens (tertiary/aromatic N) is 1. The number of ketones is 1. The average molecular weight is 207 g/mol. The van der Waals surface area contributed by atoms with E-state index < -0.39 is 7.60 Å². The van der Waals surface area contributed by atoms with Crippen molar-refractivity contribution in [1.82, 2.24) is 0 Å². The van der Waals surface area contributed by atoms with Crippen LogP contribution in [0.2, 0.25) is 0 Å². The van der Waals surface area contributed by atoms with Crippen molar-refractivity contribution in [1.29, 1.82) is 0 Å². The topological polar surface area (TPSA) is 65.0 Å². The second-order valence-corrected chi connectivity index (χ2v) is 4.47. The van der Waals surface area contributed by atoms with Gasteiger partial charge in [0, 0.05) is 6.92 Å². The third kappa shape index (κ3) is 5.55. The van der Waals surface area contributed by atoms with Crippen LogP contribution in [0.1, 0.15) is 20.8 Å². The van der Waals surface area contributed by atoms with Crippen LogP contribution in [0.5, 0.6) is 0 Å². The van der Waals surface area contributed by atoms with Gasteiger partial charge in [-0.3, -0.25) is 9.32 Å². The number of Topliss-reactive ketones (excluding diaryl/α,β-unsaturated/α-hetero) is 1. The van der Waals surface area contributed by atoms with Crippen molar-refractivity contribution in [2.24, 2.45) is 5.16 Å². The SMILES string of the molecule is CCO[P@@](C)(=O)O/N=C(\C)C(C)=O. The Balaban J connectivity index is 4.22. The van der Waals surface area contributed by atoms with Crippen molar-refractivity contribution in [2.45, 2.75) is 20.8 Å². The summed E-state index contributed by atoms with van der Waals surface area (Å²) in [6.07, 6.45) is 0. The average Bonchev–Trinajstić information content (AvgIpc) is 2.00. The van der Waals surface area contributed by atoms with E-state index in [1.54, 1.807) is 6.92 Å². The summed E-state index contributed by atoms with van der Waals surface area (Å²) in [5.41, 5.74) is 0.168. The predicted molar refractivity (Wildman–Crippen MR) is 50.0 cm³/mol. The Hall–Kier alpha value is -0.670. The monoisotopic (exact) mass is 207 g/mol. The maximum Gasteiger partial charge on any atom is 0.397 e. The van der Waals surface area contributed by atoms with E-state index in [0.29, 0.717) is 0 Å². The van der Waals surface area contributed by atoms with Crippen LogP contribution in [-0.4, -0.2) is 24.8 Å². The summed E-state index contributed by atoms with van der Waals surface area (Å²) in [5.74, 6) is -0.225. The number of carbonyl (C=O) groups excluding carboxylic acids is 1. The molecule has 76 valence electrons. The van der Waals surface area contributed by atoms with Crippen molar-refractivity contribution < 1.29 is 18.5 Å². The lowest BCUT2D eigenvalue weighted by molar-refractivity contribution is -0.111. The van der Waals surface area contributed by atoms with Crippen LogP contribution in [0.25, 0.3) is 0 Å². The number of hydrogen-bond donors (Lipinski definition) is 0. The largest absolute Gasteiger partial charge is 0.397 e. The van der Waals surface area contributed by atoms with Gasteiger partial charge in [0.2, 0.25) is 0 Å². The summed E-state index contributed by atoms with van der Waals surface area (Å²) in [7, 11) is -3.13. The number of oxime groups is 1. The lowest BCUT2D eigenvalue weighted by Gasteiger charge is -2.08. The van der Waals surface area contributed by atoms with Crippen LogP contribution in [0.4, 0.5) is 0 Å². The van der Waals surface area contributed by atoms with E-state index in [1.807, 2.05) is 0 Å². The Bertz CT molecular complexity index is 261. The van der Waals surface area contributed by atoms with Gasteiger partial charge < -0.3 is 4.62 Å². The standard InChI is InChI=1S/C7H14NO4P/c1-5-11-13(4,10)12-8-6(2)7(3)9/h5H2,1-4H3/b8-6+/t13-/m1/s1. The molecule has 13 heavy (non-hydrogen) atoms. The molecule has 0 aliphatic rings. The maximum atomic E-state index is 11.3. The minimum absolute atomic E-state index is 0.168. The molecule has 0 bridgehead atoms. The van der Waals surface area contributed by atoms with Gasteiger partial charge in [-0.1, -0.05) is 5.16 Å². The molecule has 0 N–H and O–H groups in total. The summed E-state index contributed by atoms with van der Waals surface area (Å²) in [6.45, 7) is 6.11. The van der Waals surface area contributed by atoms with E-state index in [4.69, 9.17) is 4.52 Å². The lowest BCUT2D eigenvalue weighted by atomic mass is 10.3. The first-order valence-electron chi connectivity index (χ1n) is 3.85. The minimum atomic E-state index is -3.13. The van der Waals surface area contributed by atoms with Crippen LogP contribution >= 0.6 is 7.60 Å². The van der Waals surface area contributed by atoms with Gasteiger partial charge in [-0.05, 0) is 13.8 Å². The molecule has 6 heteroatoms. The Morgan fingerprint density at radius 2 is 2.00 bits per heavy atom. The molecular weight excluding hydrogens is 193 g/mol. The molecule has 0 saturated heterocycles. The van der Waals surface area contributed by atoms with Gasteiger partial charge >= 0.3 is 7.60 Å². The first kappa shape index (κ1) is 12.3. The molecule has 0 radical (unpaired) electrons. The zero-order valence-electron chi connectivity index (χ0n) is 8.23. The molecule has 0 saturated carbocycles. The second kappa shape index (κ2) is 5.14. The van der Waals surface area contributed by atoms with E-state index in [2.05, 4.69) is 9.78 Å². The van der Waals surface area contributed by atoms with E-state index in [1.165, 1.54) is 20.5 Å². The molecule has 0 spiro atoms. The summed E-state index contributed by atoms with van der Waals surface area (Å²) < 4.78 is 20.6. The fourth-order valence-electron chi connectivity index (χ4n) is 0.458. The van der Waals surface area contributed by atoms with E-state index in [9.17, 15) is 9.36 Å². The van der Waals surface area contributed by atoms with E-state index in [-0.39, 0.29) is 18.1 Å². The normalized spacial score (nSPS) is 16.5. The van der Waals surface area contributed by atoms with Gasteiger partial charge in [0.05, 0.1) is 13.3 Å². The Kier molecular flexibility index (Phi) is 4.88. The maximum absolute atomic E-state index is 11.3. The predicted octanol–water partition coefficient (Wildman–Crippen LogP) is 1.83. The molecule has 0 aromatic carbocycles. The summed E-state index contributed by atoms with van der Waals surface area (Å²) in [5, 5.41) is 3.39. The molecular formula is C7H14NO4P. The number of hydrogen-bond acceptors (Lipinski definition) is 5. The Labute approximate surface area is 77.6 Å². The van der Waals surface area contributed by atoms with Crippen LogP contribution in [0, 0.1) is 0 Å². The third-order valence-electron chi connectivity index (χ3n) is 1.20. The first-order valence-corrected chi connectivity index (χ1v) is 5.84. The van der Waals surface area contributed by atoms with Crippen molar-refractivity contribution in [3.8, 4) is 0 Å². The van der Waals surface area contributed by atoms with Crippen LogP contribution in [0.3, 0.4) is 0 Å². The number of carbonyl (C=O) groups is 1. The molecule has 0 rings (SSSR count). The summed E-state index contributed by atoms with van der Waals surface area (Å²) in [6, 6.07) is 0. The first-order chi connectivity index (χ1) is 5.89. The molecule has 0 aromatic rings. The molecule has 0 amide bonds. The van der Waals surface area contributed by atoms with E-state index in [0.717, 1.165) is 0 Å². The van der Waals surface area contributed by atoms with Crippen molar-refractivity contribution in [2.75, 3.05) is 13.3 Å². The molecule has 0 fully saturated rings. The van der Waals surface area contributed by atoms with Gasteiger partial charge in [0.15, 0.2) is 5.78 Å². The van der Waals surface area contributed by atoms with Gasteiger partial charge in [0.1, 0.15) is 5.71 Å². The molecule has 0 heterocycles. The van der Waals surface area contributed by atoms with Gasteiger partial charge in [-0.25, -0.2) is 4.57 Å². The molecule has 0 aliphatic heterocycles. The highest BCUT2D eigenvalue weighted by atomic mass is 31.2. The van der Waals surface area contributed by atoms with E-state index >= 15 is 0 Å². The molecule has 0 unspecified atom stereocenters.